The van der Waals surface area contributed by atoms with Crippen LogP contribution >= 0.6 is 0 Å². The lowest BCUT2D eigenvalue weighted by Gasteiger charge is -2.35. The highest BCUT2D eigenvalue weighted by molar-refractivity contribution is 4.83. The number of aliphatic hydroxyl groups excluding tert-OH is 1. The predicted molar refractivity (Wildman–Crippen MR) is 52.6 cm³/mol. The predicted octanol–water partition coefficient (Wildman–Crippen LogP) is 2.01. The minimum atomic E-state index is -4.31. The average molecular weight is 241 g/mol. The second-order valence-electron chi connectivity index (χ2n) is 4.44. The van der Waals surface area contributed by atoms with Crippen molar-refractivity contribution in [2.75, 3.05) is 19.8 Å². The Morgan fingerprint density at radius 2 is 1.81 bits per heavy atom. The normalized spacial score (nSPS) is 21.0. The molecule has 1 fully saturated rings. The van der Waals surface area contributed by atoms with Gasteiger partial charge in [0.05, 0.1) is 0 Å². The molecule has 0 unspecified atom stereocenters. The van der Waals surface area contributed by atoms with Gasteiger partial charge in [-0.1, -0.05) is 19.3 Å². The summed E-state index contributed by atoms with van der Waals surface area (Å²) in [5, 5.41) is 9.28. The van der Waals surface area contributed by atoms with Gasteiger partial charge in [0, 0.05) is 18.6 Å². The molecule has 1 saturated carbocycles. The van der Waals surface area contributed by atoms with Crippen molar-refractivity contribution in [3.63, 3.8) is 0 Å². The van der Waals surface area contributed by atoms with Gasteiger partial charge in [0.25, 0.3) is 0 Å². The van der Waals surface area contributed by atoms with Gasteiger partial charge in [-0.2, -0.15) is 13.2 Å². The third-order valence-corrected chi connectivity index (χ3v) is 3.03. The number of hydrogen-bond donors (Lipinski definition) is 2. The van der Waals surface area contributed by atoms with Crippen LogP contribution in [0.15, 0.2) is 0 Å². The molecule has 6 heteroatoms. The fraction of sp³-hybridized carbons (Fsp3) is 1.00. The summed E-state index contributed by atoms with van der Waals surface area (Å²) in [4.78, 5) is 4.34. The molecule has 16 heavy (non-hydrogen) atoms. The summed E-state index contributed by atoms with van der Waals surface area (Å²) < 4.78 is 35.4. The zero-order chi connectivity index (χ0) is 12.1. The van der Waals surface area contributed by atoms with Crippen LogP contribution < -0.4 is 5.48 Å². The van der Waals surface area contributed by atoms with Gasteiger partial charge in [-0.3, -0.25) is 4.84 Å². The van der Waals surface area contributed by atoms with Crippen molar-refractivity contribution in [1.82, 2.24) is 5.48 Å². The summed E-state index contributed by atoms with van der Waals surface area (Å²) in [6, 6.07) is 0. The molecule has 0 aromatic heterocycles. The Balaban J connectivity index is 2.23. The van der Waals surface area contributed by atoms with Crippen LogP contribution in [0, 0.1) is 5.41 Å². The van der Waals surface area contributed by atoms with E-state index in [4.69, 9.17) is 0 Å². The Labute approximate surface area is 92.9 Å². The van der Waals surface area contributed by atoms with E-state index in [0.29, 0.717) is 0 Å². The summed E-state index contributed by atoms with van der Waals surface area (Å²) in [7, 11) is 0. The molecule has 0 aliphatic heterocycles. The Morgan fingerprint density at radius 1 is 1.19 bits per heavy atom. The monoisotopic (exact) mass is 241 g/mol. The fourth-order valence-corrected chi connectivity index (χ4v) is 2.03. The van der Waals surface area contributed by atoms with Crippen LogP contribution in [0.5, 0.6) is 0 Å². The summed E-state index contributed by atoms with van der Waals surface area (Å²) in [6.45, 7) is -1.02. The smallest absolute Gasteiger partial charge is 0.396 e. The summed E-state index contributed by atoms with van der Waals surface area (Å²) in [5.74, 6) is 0. The van der Waals surface area contributed by atoms with Crippen LogP contribution in [0.1, 0.15) is 32.1 Å². The number of rotatable bonds is 5. The van der Waals surface area contributed by atoms with Crippen LogP contribution in [0.25, 0.3) is 0 Å². The molecule has 2 N–H and O–H groups in total. The first kappa shape index (κ1) is 13.7. The first-order valence-electron chi connectivity index (χ1n) is 5.50. The van der Waals surface area contributed by atoms with E-state index >= 15 is 0 Å². The van der Waals surface area contributed by atoms with Crippen LogP contribution in [-0.4, -0.2) is 31.0 Å². The first-order chi connectivity index (χ1) is 7.47. The second-order valence-corrected chi connectivity index (χ2v) is 4.44. The van der Waals surface area contributed by atoms with Crippen molar-refractivity contribution < 1.29 is 23.1 Å². The van der Waals surface area contributed by atoms with Crippen molar-refractivity contribution in [2.45, 2.75) is 38.3 Å². The Kier molecular flexibility index (Phi) is 5.01. The van der Waals surface area contributed by atoms with E-state index in [1.807, 2.05) is 0 Å². The van der Waals surface area contributed by atoms with Crippen molar-refractivity contribution in [1.29, 1.82) is 0 Å². The molecule has 0 spiro atoms. The molecule has 0 heterocycles. The highest BCUT2D eigenvalue weighted by atomic mass is 19.4. The van der Waals surface area contributed by atoms with Crippen LogP contribution in [0.3, 0.4) is 0 Å². The van der Waals surface area contributed by atoms with Crippen molar-refractivity contribution in [3.8, 4) is 0 Å². The Morgan fingerprint density at radius 3 is 2.31 bits per heavy atom. The molecule has 0 aromatic rings. The van der Waals surface area contributed by atoms with E-state index in [2.05, 4.69) is 10.3 Å². The molecule has 0 atom stereocenters. The first-order valence-corrected chi connectivity index (χ1v) is 5.50. The maximum Gasteiger partial charge on any atom is 0.413 e. The topological polar surface area (TPSA) is 41.5 Å². The molecule has 3 nitrogen and oxygen atoms in total. The van der Waals surface area contributed by atoms with Crippen molar-refractivity contribution in [3.05, 3.63) is 0 Å². The number of aliphatic hydroxyl groups is 1. The van der Waals surface area contributed by atoms with Gasteiger partial charge < -0.3 is 5.11 Å². The van der Waals surface area contributed by atoms with E-state index < -0.39 is 12.8 Å². The summed E-state index contributed by atoms with van der Waals surface area (Å²) >= 11 is 0. The number of alkyl halides is 3. The van der Waals surface area contributed by atoms with Crippen LogP contribution in [0.2, 0.25) is 0 Å². The third-order valence-electron chi connectivity index (χ3n) is 3.03. The molecule has 0 bridgehead atoms. The maximum absolute atomic E-state index is 11.8. The zero-order valence-electron chi connectivity index (χ0n) is 9.15. The summed E-state index contributed by atoms with van der Waals surface area (Å²) in [5.41, 5.74) is 2.02. The van der Waals surface area contributed by atoms with Crippen molar-refractivity contribution in [2.24, 2.45) is 5.41 Å². The lowest BCUT2D eigenvalue weighted by atomic mass is 9.75. The van der Waals surface area contributed by atoms with Gasteiger partial charge in [0.1, 0.15) is 0 Å². The largest absolute Gasteiger partial charge is 0.413 e. The Hall–Kier alpha value is -0.330. The van der Waals surface area contributed by atoms with Gasteiger partial charge in [-0.25, -0.2) is 5.48 Å². The number of halogens is 3. The molecule has 0 amide bonds. The molecule has 1 aliphatic carbocycles. The lowest BCUT2D eigenvalue weighted by Crippen LogP contribution is -2.40. The van der Waals surface area contributed by atoms with E-state index in [0.717, 1.165) is 32.1 Å². The molecule has 1 rings (SSSR count). The van der Waals surface area contributed by atoms with Gasteiger partial charge in [0.15, 0.2) is 6.61 Å². The number of hydroxylamine groups is 1. The second kappa shape index (κ2) is 5.84. The van der Waals surface area contributed by atoms with E-state index in [9.17, 15) is 18.3 Å². The highest BCUT2D eigenvalue weighted by Crippen LogP contribution is 2.35. The highest BCUT2D eigenvalue weighted by Gasteiger charge is 2.32. The Bertz CT molecular complexity index is 203. The SMILES string of the molecule is OCC1(CNOCC(F)(F)F)CCCCC1. The quantitative estimate of drug-likeness (QED) is 0.571. The molecule has 0 aromatic carbocycles. The third kappa shape index (κ3) is 4.67. The van der Waals surface area contributed by atoms with Crippen molar-refractivity contribution >= 4 is 0 Å². The maximum atomic E-state index is 11.8. The standard InChI is InChI=1S/C10H18F3NO2/c11-10(12,13)8-16-14-6-9(7-15)4-2-1-3-5-9/h14-15H,1-8H2. The summed E-state index contributed by atoms with van der Waals surface area (Å²) in [6.07, 6.45) is 0.526. The van der Waals surface area contributed by atoms with Gasteiger partial charge in [-0.15, -0.1) is 0 Å². The molecule has 96 valence electrons. The van der Waals surface area contributed by atoms with E-state index in [-0.39, 0.29) is 18.6 Å². The minimum absolute atomic E-state index is 0.00459. The molecule has 0 saturated heterocycles. The number of hydrogen-bond acceptors (Lipinski definition) is 3. The lowest BCUT2D eigenvalue weighted by molar-refractivity contribution is -0.192. The minimum Gasteiger partial charge on any atom is -0.396 e. The van der Waals surface area contributed by atoms with Crippen LogP contribution in [0.4, 0.5) is 13.2 Å². The molecule has 0 radical (unpaired) electrons. The zero-order valence-corrected chi connectivity index (χ0v) is 9.15. The number of nitrogens with one attached hydrogen (secondary N) is 1. The molecular weight excluding hydrogens is 223 g/mol. The van der Waals surface area contributed by atoms with Gasteiger partial charge in [0.2, 0.25) is 0 Å². The average Bonchev–Trinajstić information content (AvgIpc) is 2.25. The molecular formula is C10H18F3NO2. The van der Waals surface area contributed by atoms with Crippen LogP contribution in [-0.2, 0) is 4.84 Å². The van der Waals surface area contributed by atoms with Gasteiger partial charge in [-0.05, 0) is 12.8 Å². The van der Waals surface area contributed by atoms with Gasteiger partial charge >= 0.3 is 6.18 Å². The van der Waals surface area contributed by atoms with E-state index in [1.54, 1.807) is 0 Å². The molecule has 1 aliphatic rings. The fourth-order valence-electron chi connectivity index (χ4n) is 2.03. The van der Waals surface area contributed by atoms with E-state index in [1.165, 1.54) is 0 Å².